The van der Waals surface area contributed by atoms with Gasteiger partial charge < -0.3 is 5.11 Å². The van der Waals surface area contributed by atoms with Gasteiger partial charge in [0.15, 0.2) is 6.10 Å². The van der Waals surface area contributed by atoms with Crippen molar-refractivity contribution in [1.82, 2.24) is 5.01 Å². The van der Waals surface area contributed by atoms with Gasteiger partial charge in [-0.2, -0.15) is 5.10 Å². The SMILES string of the molecule is CC1=NN(C)C(=O)C1O. The number of likely N-dealkylation sites (N-methyl/N-ethyl adjacent to an activating group) is 1. The second-order valence-corrected chi connectivity index (χ2v) is 2.01. The molecule has 0 radical (unpaired) electrons. The molecule has 4 heteroatoms. The van der Waals surface area contributed by atoms with Crippen molar-refractivity contribution in [2.45, 2.75) is 13.0 Å². The molecule has 0 fully saturated rings. The third-order valence-electron chi connectivity index (χ3n) is 1.26. The van der Waals surface area contributed by atoms with Crippen molar-refractivity contribution in [1.29, 1.82) is 0 Å². The maximum atomic E-state index is 10.7. The lowest BCUT2D eigenvalue weighted by Crippen LogP contribution is -2.28. The first kappa shape index (κ1) is 6.22. The van der Waals surface area contributed by atoms with Gasteiger partial charge in [-0.15, -0.1) is 0 Å². The van der Waals surface area contributed by atoms with E-state index in [0.717, 1.165) is 5.01 Å². The standard InChI is InChI=1S/C5H8N2O2/c1-3-4(8)5(9)7(2)6-3/h4,8H,1-2H3. The number of amides is 1. The van der Waals surface area contributed by atoms with Gasteiger partial charge >= 0.3 is 0 Å². The Bertz CT molecular complexity index is 176. The minimum atomic E-state index is -1.00. The summed E-state index contributed by atoms with van der Waals surface area (Å²) in [7, 11) is 1.52. The predicted molar refractivity (Wildman–Crippen MR) is 31.9 cm³/mol. The van der Waals surface area contributed by atoms with Gasteiger partial charge in [0.1, 0.15) is 0 Å². The van der Waals surface area contributed by atoms with E-state index in [4.69, 9.17) is 5.11 Å². The summed E-state index contributed by atoms with van der Waals surface area (Å²) in [5.74, 6) is -0.354. The van der Waals surface area contributed by atoms with E-state index in [2.05, 4.69) is 5.10 Å². The summed E-state index contributed by atoms with van der Waals surface area (Å²) >= 11 is 0. The number of hydrazone groups is 1. The monoisotopic (exact) mass is 128 g/mol. The molecule has 0 saturated carbocycles. The van der Waals surface area contributed by atoms with Gasteiger partial charge in [-0.3, -0.25) is 4.79 Å². The van der Waals surface area contributed by atoms with Crippen molar-refractivity contribution >= 4 is 11.6 Å². The molecule has 0 aromatic heterocycles. The van der Waals surface area contributed by atoms with Crippen molar-refractivity contribution in [3.63, 3.8) is 0 Å². The minimum absolute atomic E-state index is 0.354. The van der Waals surface area contributed by atoms with Crippen molar-refractivity contribution in [2.75, 3.05) is 7.05 Å². The number of hydrogen-bond donors (Lipinski definition) is 1. The van der Waals surface area contributed by atoms with E-state index in [0.29, 0.717) is 5.71 Å². The van der Waals surface area contributed by atoms with E-state index >= 15 is 0 Å². The van der Waals surface area contributed by atoms with Gasteiger partial charge in [-0.05, 0) is 6.92 Å². The summed E-state index contributed by atoms with van der Waals surface area (Å²) in [6, 6.07) is 0. The van der Waals surface area contributed by atoms with Crippen molar-refractivity contribution in [3.8, 4) is 0 Å². The van der Waals surface area contributed by atoms with E-state index in [-0.39, 0.29) is 5.91 Å². The Hall–Kier alpha value is -0.900. The van der Waals surface area contributed by atoms with E-state index in [1.807, 2.05) is 0 Å². The Morgan fingerprint density at radius 1 is 1.78 bits per heavy atom. The largest absolute Gasteiger partial charge is 0.377 e. The molecule has 1 aliphatic heterocycles. The number of aliphatic hydroxyl groups is 1. The summed E-state index contributed by atoms with van der Waals surface area (Å²) in [4.78, 5) is 10.7. The summed E-state index contributed by atoms with van der Waals surface area (Å²) in [6.07, 6.45) is -1.00. The molecule has 9 heavy (non-hydrogen) atoms. The fraction of sp³-hybridized carbons (Fsp3) is 0.600. The molecule has 50 valence electrons. The lowest BCUT2D eigenvalue weighted by molar-refractivity contribution is -0.133. The van der Waals surface area contributed by atoms with Crippen LogP contribution in [0.2, 0.25) is 0 Å². The van der Waals surface area contributed by atoms with Crippen LogP contribution in [-0.2, 0) is 4.79 Å². The Morgan fingerprint density at radius 3 is 2.44 bits per heavy atom. The topological polar surface area (TPSA) is 52.9 Å². The first-order valence-corrected chi connectivity index (χ1v) is 2.63. The second-order valence-electron chi connectivity index (χ2n) is 2.01. The molecule has 0 spiro atoms. The third kappa shape index (κ3) is 0.810. The van der Waals surface area contributed by atoms with Gasteiger partial charge in [0, 0.05) is 7.05 Å². The smallest absolute Gasteiger partial charge is 0.277 e. The Kier molecular flexibility index (Phi) is 1.25. The number of aliphatic hydroxyl groups excluding tert-OH is 1. The Balaban J connectivity index is 2.82. The number of carbonyl (C=O) groups excluding carboxylic acids is 1. The average Bonchev–Trinajstić information content (AvgIpc) is 1.98. The summed E-state index contributed by atoms with van der Waals surface area (Å²) in [6.45, 7) is 1.62. The third-order valence-corrected chi connectivity index (χ3v) is 1.26. The molecule has 0 bridgehead atoms. The maximum Gasteiger partial charge on any atom is 0.277 e. The van der Waals surface area contributed by atoms with Crippen LogP contribution < -0.4 is 0 Å². The predicted octanol–water partition coefficient (Wildman–Crippen LogP) is -0.805. The first-order valence-electron chi connectivity index (χ1n) is 2.63. The van der Waals surface area contributed by atoms with Crippen LogP contribution in [0.4, 0.5) is 0 Å². The molecular formula is C5H8N2O2. The summed E-state index contributed by atoms with van der Waals surface area (Å²) in [5.41, 5.74) is 0.461. The van der Waals surface area contributed by atoms with Gasteiger partial charge in [0.05, 0.1) is 5.71 Å². The number of rotatable bonds is 0. The normalized spacial score (nSPS) is 27.0. The zero-order chi connectivity index (χ0) is 7.02. The van der Waals surface area contributed by atoms with E-state index in [1.54, 1.807) is 6.92 Å². The molecule has 0 aromatic carbocycles. The van der Waals surface area contributed by atoms with Gasteiger partial charge in [0.2, 0.25) is 0 Å². The number of nitrogens with zero attached hydrogens (tertiary/aromatic N) is 2. The van der Waals surface area contributed by atoms with Crippen LogP contribution in [0, 0.1) is 0 Å². The molecule has 1 amide bonds. The highest BCUT2D eigenvalue weighted by Gasteiger charge is 2.28. The quantitative estimate of drug-likeness (QED) is 0.464. The van der Waals surface area contributed by atoms with Gasteiger partial charge in [0.25, 0.3) is 5.91 Å². The first-order chi connectivity index (χ1) is 4.13. The lowest BCUT2D eigenvalue weighted by atomic mass is 10.2. The molecule has 1 unspecified atom stereocenters. The van der Waals surface area contributed by atoms with Gasteiger partial charge in [-0.1, -0.05) is 0 Å². The highest BCUT2D eigenvalue weighted by molar-refractivity contribution is 6.09. The molecule has 0 aliphatic carbocycles. The molecule has 1 aliphatic rings. The summed E-state index contributed by atoms with van der Waals surface area (Å²) < 4.78 is 0. The fourth-order valence-corrected chi connectivity index (χ4v) is 0.696. The minimum Gasteiger partial charge on any atom is -0.377 e. The number of carbonyl (C=O) groups is 1. The van der Waals surface area contributed by atoms with Crippen LogP contribution >= 0.6 is 0 Å². The van der Waals surface area contributed by atoms with E-state index < -0.39 is 6.10 Å². The molecule has 0 saturated heterocycles. The highest BCUT2D eigenvalue weighted by atomic mass is 16.3. The molecule has 1 atom stereocenters. The van der Waals surface area contributed by atoms with Crippen molar-refractivity contribution in [2.24, 2.45) is 5.10 Å². The molecule has 4 nitrogen and oxygen atoms in total. The molecular weight excluding hydrogens is 120 g/mol. The second kappa shape index (κ2) is 1.80. The van der Waals surface area contributed by atoms with E-state index in [1.165, 1.54) is 7.05 Å². The lowest BCUT2D eigenvalue weighted by Gasteiger charge is -2.01. The van der Waals surface area contributed by atoms with Gasteiger partial charge in [-0.25, -0.2) is 5.01 Å². The molecule has 0 aromatic rings. The van der Waals surface area contributed by atoms with Crippen LogP contribution in [0.25, 0.3) is 0 Å². The van der Waals surface area contributed by atoms with Crippen molar-refractivity contribution in [3.05, 3.63) is 0 Å². The molecule has 1 N–H and O–H groups in total. The zero-order valence-corrected chi connectivity index (χ0v) is 5.33. The van der Waals surface area contributed by atoms with Crippen LogP contribution in [-0.4, -0.2) is 34.9 Å². The summed E-state index contributed by atoms with van der Waals surface area (Å²) in [5, 5.41) is 13.8. The van der Waals surface area contributed by atoms with E-state index in [9.17, 15) is 4.79 Å². The van der Waals surface area contributed by atoms with Crippen LogP contribution in [0.15, 0.2) is 5.10 Å². The molecule has 1 heterocycles. The maximum absolute atomic E-state index is 10.7. The average molecular weight is 128 g/mol. The number of hydrogen-bond acceptors (Lipinski definition) is 3. The zero-order valence-electron chi connectivity index (χ0n) is 5.33. The Labute approximate surface area is 52.8 Å². The van der Waals surface area contributed by atoms with Crippen molar-refractivity contribution < 1.29 is 9.90 Å². The van der Waals surface area contributed by atoms with Crippen LogP contribution in [0.1, 0.15) is 6.92 Å². The Morgan fingerprint density at radius 2 is 2.33 bits per heavy atom. The fourth-order valence-electron chi connectivity index (χ4n) is 0.696. The molecule has 1 rings (SSSR count). The highest BCUT2D eigenvalue weighted by Crippen LogP contribution is 2.04. The van der Waals surface area contributed by atoms with Crippen LogP contribution in [0.3, 0.4) is 0 Å². The van der Waals surface area contributed by atoms with Crippen LogP contribution in [0.5, 0.6) is 0 Å².